The van der Waals surface area contributed by atoms with E-state index in [1.54, 1.807) is 46.9 Å². The number of thiazole rings is 1. The highest BCUT2D eigenvalue weighted by atomic mass is 32.1. The van der Waals surface area contributed by atoms with E-state index in [1.165, 1.54) is 11.1 Å². The standard InChI is InChI=1S/C47H58N4O8S/c1-52-38-18-16-33(40-32-37(49-59-40)35-30-43(54-3)46(56-5)44(31-35)55-4)28-42(38)58-27-13-7-11-21-51-24-22-50(23-25-51)20-10-6-12-26-57-39-19-17-34(29-41(39)53-2)47-48-36-14-8-9-15-45(36)60-47/h8-9,14-19,28-31,40H,6-7,10-13,20-27,32H2,1-5H3. The molecule has 320 valence electrons. The van der Waals surface area contributed by atoms with Crippen LogP contribution in [0, 0.1) is 0 Å². The number of aromatic nitrogens is 1. The van der Waals surface area contributed by atoms with Gasteiger partial charge in [0, 0.05) is 43.7 Å². The van der Waals surface area contributed by atoms with E-state index in [-0.39, 0.29) is 6.10 Å². The van der Waals surface area contributed by atoms with E-state index >= 15 is 0 Å². The molecule has 13 heteroatoms. The fourth-order valence-corrected chi connectivity index (χ4v) is 8.69. The lowest BCUT2D eigenvalue weighted by atomic mass is 9.99. The van der Waals surface area contributed by atoms with Crippen molar-refractivity contribution in [3.8, 4) is 50.8 Å². The number of hydrogen-bond acceptors (Lipinski definition) is 13. The highest BCUT2D eigenvalue weighted by Gasteiger charge is 2.27. The first kappa shape index (κ1) is 42.9. The van der Waals surface area contributed by atoms with E-state index in [9.17, 15) is 0 Å². The number of fused-ring (bicyclic) bond motifs is 1. The third kappa shape index (κ3) is 10.7. The Hall–Kier alpha value is -5.24. The van der Waals surface area contributed by atoms with Crippen molar-refractivity contribution in [2.45, 2.75) is 51.0 Å². The number of unbranched alkanes of at least 4 members (excludes halogenated alkanes) is 4. The lowest BCUT2D eigenvalue weighted by molar-refractivity contribution is 0.0854. The first-order valence-electron chi connectivity index (χ1n) is 21.0. The van der Waals surface area contributed by atoms with Crippen molar-refractivity contribution in [2.75, 3.05) is 88.0 Å². The summed E-state index contributed by atoms with van der Waals surface area (Å²) in [6, 6.07) is 24.1. The number of ether oxygens (including phenoxy) is 7. The van der Waals surface area contributed by atoms with Gasteiger partial charge >= 0.3 is 0 Å². The van der Waals surface area contributed by atoms with E-state index in [2.05, 4.69) is 27.1 Å². The molecule has 1 saturated heterocycles. The van der Waals surface area contributed by atoms with Crippen molar-refractivity contribution in [3.05, 3.63) is 83.9 Å². The van der Waals surface area contributed by atoms with E-state index in [0.29, 0.717) is 42.6 Å². The number of hydrogen-bond donors (Lipinski definition) is 0. The Morgan fingerprint density at radius 3 is 1.85 bits per heavy atom. The second-order valence-electron chi connectivity index (χ2n) is 15.0. The zero-order valence-electron chi connectivity index (χ0n) is 35.6. The lowest BCUT2D eigenvalue weighted by Crippen LogP contribution is -2.46. The number of nitrogens with zero attached hydrogens (tertiary/aromatic N) is 4. The monoisotopic (exact) mass is 838 g/mol. The molecule has 0 N–H and O–H groups in total. The molecule has 1 unspecified atom stereocenters. The quantitative estimate of drug-likeness (QED) is 0.0623. The molecule has 0 amide bonds. The summed E-state index contributed by atoms with van der Waals surface area (Å²) in [5, 5.41) is 5.39. The average molecular weight is 839 g/mol. The number of benzene rings is 4. The topological polar surface area (TPSA) is 106 Å². The maximum Gasteiger partial charge on any atom is 0.203 e. The van der Waals surface area contributed by atoms with Gasteiger partial charge in [0.1, 0.15) is 5.01 Å². The lowest BCUT2D eigenvalue weighted by Gasteiger charge is -2.34. The third-order valence-corrected chi connectivity index (χ3v) is 12.2. The van der Waals surface area contributed by atoms with Gasteiger partial charge in [-0.1, -0.05) is 23.4 Å². The van der Waals surface area contributed by atoms with Gasteiger partial charge in [-0.3, -0.25) is 0 Å². The summed E-state index contributed by atoms with van der Waals surface area (Å²) in [6.45, 7) is 8.10. The van der Waals surface area contributed by atoms with Crippen LogP contribution in [0.2, 0.25) is 0 Å². The molecule has 0 radical (unpaired) electrons. The molecule has 4 aromatic carbocycles. The summed E-state index contributed by atoms with van der Waals surface area (Å²) in [5.41, 5.74) is 4.70. The Labute approximate surface area is 357 Å². The smallest absolute Gasteiger partial charge is 0.203 e. The Bertz CT molecular complexity index is 2130. The van der Waals surface area contributed by atoms with Crippen LogP contribution in [0.5, 0.6) is 40.2 Å². The number of para-hydroxylation sites is 1. The number of methoxy groups -OCH3 is 5. The first-order chi connectivity index (χ1) is 29.5. The molecule has 1 fully saturated rings. The molecule has 1 aromatic heterocycles. The van der Waals surface area contributed by atoms with Crippen LogP contribution < -0.4 is 33.2 Å². The minimum absolute atomic E-state index is 0.246. The molecule has 0 spiro atoms. The summed E-state index contributed by atoms with van der Waals surface area (Å²) >= 11 is 1.69. The molecular weight excluding hydrogens is 781 g/mol. The predicted octanol–water partition coefficient (Wildman–Crippen LogP) is 9.29. The number of oxime groups is 1. The fourth-order valence-electron chi connectivity index (χ4n) is 7.73. The zero-order chi connectivity index (χ0) is 41.7. The molecule has 0 aliphatic carbocycles. The van der Waals surface area contributed by atoms with Crippen LogP contribution in [0.1, 0.15) is 62.2 Å². The van der Waals surface area contributed by atoms with Gasteiger partial charge in [-0.05, 0) is 112 Å². The Balaban J connectivity index is 0.753. The molecule has 7 rings (SSSR count). The van der Waals surface area contributed by atoms with Gasteiger partial charge in [0.2, 0.25) is 5.75 Å². The predicted molar refractivity (Wildman–Crippen MR) is 237 cm³/mol. The molecule has 60 heavy (non-hydrogen) atoms. The Kier molecular flexibility index (Phi) is 15.2. The molecule has 2 aliphatic rings. The van der Waals surface area contributed by atoms with Gasteiger partial charge in [0.15, 0.2) is 40.6 Å². The van der Waals surface area contributed by atoms with Crippen LogP contribution in [0.15, 0.2) is 78.0 Å². The van der Waals surface area contributed by atoms with Crippen molar-refractivity contribution < 1.29 is 38.0 Å². The minimum Gasteiger partial charge on any atom is -0.493 e. The van der Waals surface area contributed by atoms with Crippen LogP contribution in [0.4, 0.5) is 0 Å². The van der Waals surface area contributed by atoms with E-state index in [0.717, 1.165) is 122 Å². The highest BCUT2D eigenvalue weighted by molar-refractivity contribution is 7.21. The van der Waals surface area contributed by atoms with E-state index in [4.69, 9.17) is 43.0 Å². The third-order valence-electron chi connectivity index (χ3n) is 11.1. The van der Waals surface area contributed by atoms with Crippen LogP contribution in [-0.4, -0.2) is 109 Å². The largest absolute Gasteiger partial charge is 0.493 e. The van der Waals surface area contributed by atoms with E-state index in [1.807, 2.05) is 60.7 Å². The van der Waals surface area contributed by atoms with Crippen LogP contribution in [0.25, 0.3) is 20.8 Å². The molecule has 2 aliphatic heterocycles. The van der Waals surface area contributed by atoms with Gasteiger partial charge in [-0.15, -0.1) is 11.3 Å². The first-order valence-corrected chi connectivity index (χ1v) is 21.8. The van der Waals surface area contributed by atoms with Gasteiger partial charge in [0.25, 0.3) is 0 Å². The molecule has 0 saturated carbocycles. The summed E-state index contributed by atoms with van der Waals surface area (Å²) in [4.78, 5) is 15.9. The van der Waals surface area contributed by atoms with Gasteiger partial charge in [-0.25, -0.2) is 4.98 Å². The van der Waals surface area contributed by atoms with E-state index < -0.39 is 0 Å². The van der Waals surface area contributed by atoms with Crippen molar-refractivity contribution in [1.29, 1.82) is 0 Å². The minimum atomic E-state index is -0.246. The van der Waals surface area contributed by atoms with Gasteiger partial charge < -0.3 is 47.8 Å². The number of rotatable bonds is 22. The highest BCUT2D eigenvalue weighted by Crippen LogP contribution is 2.41. The maximum atomic E-state index is 6.25. The second kappa shape index (κ2) is 21.3. The van der Waals surface area contributed by atoms with Crippen molar-refractivity contribution in [2.24, 2.45) is 5.16 Å². The molecular formula is C47H58N4O8S. The Morgan fingerprint density at radius 1 is 0.600 bits per heavy atom. The van der Waals surface area contributed by atoms with Crippen LogP contribution >= 0.6 is 11.3 Å². The maximum absolute atomic E-state index is 6.25. The molecule has 5 aromatic rings. The second-order valence-corrected chi connectivity index (χ2v) is 16.0. The normalized spacial score (nSPS) is 15.7. The van der Waals surface area contributed by atoms with Crippen molar-refractivity contribution in [3.63, 3.8) is 0 Å². The molecule has 12 nitrogen and oxygen atoms in total. The average Bonchev–Trinajstić information content (AvgIpc) is 3.97. The van der Waals surface area contributed by atoms with Gasteiger partial charge in [-0.2, -0.15) is 0 Å². The summed E-state index contributed by atoms with van der Waals surface area (Å²) < 4.78 is 41.4. The van der Waals surface area contributed by atoms with Crippen LogP contribution in [-0.2, 0) is 4.84 Å². The SMILES string of the molecule is COc1cc(-c2nc3ccccc3s2)ccc1OCCCCCN1CCN(CCCCCOc2cc(C3CC(c4cc(OC)c(OC)c(OC)c4)=NO3)ccc2OC)CC1. The molecule has 0 bridgehead atoms. The van der Waals surface area contributed by atoms with Crippen molar-refractivity contribution in [1.82, 2.24) is 14.8 Å². The van der Waals surface area contributed by atoms with Gasteiger partial charge in [0.05, 0.1) is 64.7 Å². The summed E-state index contributed by atoms with van der Waals surface area (Å²) in [6.07, 6.45) is 6.95. The fraction of sp³-hybridized carbons (Fsp3) is 0.447. The summed E-state index contributed by atoms with van der Waals surface area (Å²) in [5.74, 6) is 4.64. The summed E-state index contributed by atoms with van der Waals surface area (Å²) in [7, 11) is 8.16. The van der Waals surface area contributed by atoms with Crippen molar-refractivity contribution >= 4 is 27.3 Å². The zero-order valence-corrected chi connectivity index (χ0v) is 36.4. The Morgan fingerprint density at radius 2 is 1.22 bits per heavy atom. The molecule has 1 atom stereocenters. The van der Waals surface area contributed by atoms with Crippen LogP contribution in [0.3, 0.4) is 0 Å². The number of piperazine rings is 1. The molecule has 3 heterocycles.